The maximum absolute atomic E-state index is 4.29. The van der Waals surface area contributed by atoms with Crippen LogP contribution in [0.4, 0.5) is 0 Å². The first kappa shape index (κ1) is 13.7. The molecule has 1 aliphatic heterocycles. The molecular weight excluding hydrogens is 224 g/mol. The molecule has 2 N–H and O–H groups in total. The van der Waals surface area contributed by atoms with Crippen molar-refractivity contribution in [2.45, 2.75) is 45.1 Å². The van der Waals surface area contributed by atoms with Crippen LogP contribution in [0.15, 0.2) is 4.99 Å². The van der Waals surface area contributed by atoms with Crippen molar-refractivity contribution in [2.75, 3.05) is 33.2 Å². The second-order valence-electron chi connectivity index (χ2n) is 5.54. The number of likely N-dealkylation sites (N-methyl/N-ethyl adjacent to an activating group) is 1. The Morgan fingerprint density at radius 2 is 2.11 bits per heavy atom. The van der Waals surface area contributed by atoms with Crippen molar-refractivity contribution in [1.29, 1.82) is 0 Å². The van der Waals surface area contributed by atoms with Gasteiger partial charge < -0.3 is 10.6 Å². The van der Waals surface area contributed by atoms with Crippen molar-refractivity contribution in [3.8, 4) is 0 Å². The van der Waals surface area contributed by atoms with Gasteiger partial charge >= 0.3 is 0 Å². The number of hydrogen-bond donors (Lipinski definition) is 2. The average molecular weight is 252 g/mol. The van der Waals surface area contributed by atoms with Gasteiger partial charge in [0.1, 0.15) is 0 Å². The lowest BCUT2D eigenvalue weighted by molar-refractivity contribution is 0.267. The molecule has 0 radical (unpaired) electrons. The average Bonchev–Trinajstić information content (AvgIpc) is 3.10. The standard InChI is InChI=1S/C14H28N4/c1-3-18-10-4-5-13(18)11-17-14(15-2)16-9-8-12-6-7-12/h12-13H,3-11H2,1-2H3,(H2,15,16,17). The molecule has 0 spiro atoms. The van der Waals surface area contributed by atoms with Gasteiger partial charge in [-0.2, -0.15) is 0 Å². The van der Waals surface area contributed by atoms with Crippen molar-refractivity contribution in [3.63, 3.8) is 0 Å². The van der Waals surface area contributed by atoms with Gasteiger partial charge in [-0.1, -0.05) is 19.8 Å². The van der Waals surface area contributed by atoms with Gasteiger partial charge in [0.2, 0.25) is 0 Å². The van der Waals surface area contributed by atoms with E-state index in [0.29, 0.717) is 6.04 Å². The molecule has 4 nitrogen and oxygen atoms in total. The minimum Gasteiger partial charge on any atom is -0.356 e. The summed E-state index contributed by atoms with van der Waals surface area (Å²) in [5.74, 6) is 1.96. The zero-order valence-corrected chi connectivity index (χ0v) is 11.9. The van der Waals surface area contributed by atoms with E-state index in [0.717, 1.165) is 25.0 Å². The molecule has 1 atom stereocenters. The lowest BCUT2D eigenvalue weighted by Crippen LogP contribution is -2.45. The molecule has 104 valence electrons. The summed E-state index contributed by atoms with van der Waals surface area (Å²) in [4.78, 5) is 6.85. The first-order chi connectivity index (χ1) is 8.83. The Bertz CT molecular complexity index is 273. The predicted molar refractivity (Wildman–Crippen MR) is 77.0 cm³/mol. The van der Waals surface area contributed by atoms with E-state index in [1.165, 1.54) is 45.2 Å². The highest BCUT2D eigenvalue weighted by molar-refractivity contribution is 5.79. The lowest BCUT2D eigenvalue weighted by Gasteiger charge is -2.23. The quantitative estimate of drug-likeness (QED) is 0.555. The summed E-state index contributed by atoms with van der Waals surface area (Å²) in [6.45, 7) is 6.76. The number of rotatable bonds is 6. The largest absolute Gasteiger partial charge is 0.356 e. The van der Waals surface area contributed by atoms with Crippen molar-refractivity contribution in [3.05, 3.63) is 0 Å². The van der Waals surface area contributed by atoms with Crippen molar-refractivity contribution < 1.29 is 0 Å². The van der Waals surface area contributed by atoms with Crippen molar-refractivity contribution in [1.82, 2.24) is 15.5 Å². The highest BCUT2D eigenvalue weighted by Gasteiger charge is 2.23. The van der Waals surface area contributed by atoms with Crippen molar-refractivity contribution in [2.24, 2.45) is 10.9 Å². The van der Waals surface area contributed by atoms with Crippen LogP contribution in [0.25, 0.3) is 0 Å². The molecule has 1 saturated carbocycles. The van der Waals surface area contributed by atoms with Gasteiger partial charge in [-0.15, -0.1) is 0 Å². The number of guanidine groups is 1. The molecule has 0 aromatic rings. The highest BCUT2D eigenvalue weighted by Crippen LogP contribution is 2.31. The third-order valence-corrected chi connectivity index (χ3v) is 4.18. The van der Waals surface area contributed by atoms with Gasteiger partial charge in [-0.05, 0) is 38.3 Å². The van der Waals surface area contributed by atoms with Gasteiger partial charge in [0.25, 0.3) is 0 Å². The van der Waals surface area contributed by atoms with Crippen LogP contribution < -0.4 is 10.6 Å². The molecule has 1 aliphatic carbocycles. The smallest absolute Gasteiger partial charge is 0.191 e. The molecule has 2 aliphatic rings. The van der Waals surface area contributed by atoms with Crippen LogP contribution in [0.5, 0.6) is 0 Å². The monoisotopic (exact) mass is 252 g/mol. The van der Waals surface area contributed by atoms with Crippen LogP contribution >= 0.6 is 0 Å². The maximum Gasteiger partial charge on any atom is 0.191 e. The van der Waals surface area contributed by atoms with E-state index in [1.54, 1.807) is 0 Å². The summed E-state index contributed by atoms with van der Waals surface area (Å²) in [7, 11) is 1.86. The van der Waals surface area contributed by atoms with Gasteiger partial charge in [-0.25, -0.2) is 0 Å². The number of likely N-dealkylation sites (tertiary alicyclic amines) is 1. The molecule has 18 heavy (non-hydrogen) atoms. The molecule has 0 amide bonds. The van der Waals surface area contributed by atoms with Gasteiger partial charge in [-0.3, -0.25) is 9.89 Å². The van der Waals surface area contributed by atoms with Gasteiger partial charge in [0.15, 0.2) is 5.96 Å². The molecule has 1 saturated heterocycles. The Hall–Kier alpha value is -0.770. The number of aliphatic imine (C=N–C) groups is 1. The molecule has 0 aromatic carbocycles. The van der Waals surface area contributed by atoms with Gasteiger partial charge in [0.05, 0.1) is 0 Å². The van der Waals surface area contributed by atoms with E-state index in [1.807, 2.05) is 7.05 Å². The summed E-state index contributed by atoms with van der Waals surface area (Å²) < 4.78 is 0. The Kier molecular flexibility index (Phi) is 5.29. The fourth-order valence-electron chi connectivity index (χ4n) is 2.78. The summed E-state index contributed by atoms with van der Waals surface area (Å²) in [5.41, 5.74) is 0. The Morgan fingerprint density at radius 1 is 1.28 bits per heavy atom. The first-order valence-corrected chi connectivity index (χ1v) is 7.52. The fourth-order valence-corrected chi connectivity index (χ4v) is 2.78. The maximum atomic E-state index is 4.29. The number of hydrogen-bond acceptors (Lipinski definition) is 2. The molecule has 0 bridgehead atoms. The molecule has 1 heterocycles. The minimum atomic E-state index is 0.692. The van der Waals surface area contributed by atoms with Crippen LogP contribution in [0.1, 0.15) is 39.0 Å². The summed E-state index contributed by atoms with van der Waals surface area (Å²) in [6.07, 6.45) is 6.82. The van der Waals surface area contributed by atoms with Crippen LogP contribution in [0, 0.1) is 5.92 Å². The summed E-state index contributed by atoms with van der Waals surface area (Å²) in [5, 5.41) is 6.88. The Labute approximate surface area is 111 Å². The second-order valence-corrected chi connectivity index (χ2v) is 5.54. The molecule has 4 heteroatoms. The van der Waals surface area contributed by atoms with Crippen molar-refractivity contribution >= 4 is 5.96 Å². The normalized spacial score (nSPS) is 25.4. The lowest BCUT2D eigenvalue weighted by atomic mass is 10.2. The topological polar surface area (TPSA) is 39.7 Å². The zero-order valence-electron chi connectivity index (χ0n) is 11.9. The van der Waals surface area contributed by atoms with E-state index in [4.69, 9.17) is 0 Å². The molecule has 0 aromatic heterocycles. The zero-order chi connectivity index (χ0) is 12.8. The number of nitrogens with zero attached hydrogens (tertiary/aromatic N) is 2. The molecule has 1 unspecified atom stereocenters. The van der Waals surface area contributed by atoms with Crippen LogP contribution in [-0.4, -0.2) is 50.1 Å². The van der Waals surface area contributed by atoms with E-state index >= 15 is 0 Å². The predicted octanol–water partition coefficient (Wildman–Crippen LogP) is 1.44. The summed E-state index contributed by atoms with van der Waals surface area (Å²) in [6, 6.07) is 0.692. The third kappa shape index (κ3) is 4.16. The number of nitrogens with one attached hydrogen (secondary N) is 2. The SMILES string of the molecule is CCN1CCCC1CNC(=NC)NCCC1CC1. The van der Waals surface area contributed by atoms with Crippen LogP contribution in [0.3, 0.4) is 0 Å². The molecule has 2 fully saturated rings. The van der Waals surface area contributed by atoms with E-state index in [9.17, 15) is 0 Å². The Morgan fingerprint density at radius 3 is 2.78 bits per heavy atom. The minimum absolute atomic E-state index is 0.692. The molecular formula is C14H28N4. The van der Waals surface area contributed by atoms with E-state index in [2.05, 4.69) is 27.4 Å². The summed E-state index contributed by atoms with van der Waals surface area (Å²) >= 11 is 0. The molecule has 2 rings (SSSR count). The Balaban J connectivity index is 1.63. The van der Waals surface area contributed by atoms with Crippen LogP contribution in [0.2, 0.25) is 0 Å². The third-order valence-electron chi connectivity index (χ3n) is 4.18. The van der Waals surface area contributed by atoms with E-state index in [-0.39, 0.29) is 0 Å². The van der Waals surface area contributed by atoms with E-state index < -0.39 is 0 Å². The van der Waals surface area contributed by atoms with Crippen LogP contribution in [-0.2, 0) is 0 Å². The second kappa shape index (κ2) is 6.98. The fraction of sp³-hybridized carbons (Fsp3) is 0.929. The first-order valence-electron chi connectivity index (χ1n) is 7.52. The van der Waals surface area contributed by atoms with Gasteiger partial charge in [0, 0.05) is 26.2 Å². The highest BCUT2D eigenvalue weighted by atomic mass is 15.2.